The van der Waals surface area contributed by atoms with Crippen molar-refractivity contribution in [1.82, 2.24) is 9.88 Å². The molecule has 34 heavy (non-hydrogen) atoms. The maximum atomic E-state index is 13.6. The maximum absolute atomic E-state index is 13.6. The van der Waals surface area contributed by atoms with Crippen molar-refractivity contribution >= 4 is 45.5 Å². The van der Waals surface area contributed by atoms with Gasteiger partial charge in [0.05, 0.1) is 34.6 Å². The molecule has 1 amide bonds. The molecule has 1 aromatic heterocycles. The zero-order valence-electron chi connectivity index (χ0n) is 18.7. The van der Waals surface area contributed by atoms with E-state index in [1.54, 1.807) is 12.1 Å². The highest BCUT2D eigenvalue weighted by Crippen LogP contribution is 2.36. The van der Waals surface area contributed by atoms with Gasteiger partial charge in [-0.3, -0.25) is 14.7 Å². The number of hydrogen-bond donors (Lipinski definition) is 2. The number of anilines is 3. The molecular weight excluding hydrogens is 457 g/mol. The van der Waals surface area contributed by atoms with Crippen molar-refractivity contribution in [2.45, 2.75) is 18.9 Å². The molecule has 7 nitrogen and oxygen atoms in total. The summed E-state index contributed by atoms with van der Waals surface area (Å²) < 4.78 is 19.1. The Hall–Kier alpha value is -3.67. The molecule has 0 radical (unpaired) electrons. The molecule has 1 fully saturated rings. The number of rotatable bonds is 6. The molecule has 0 aliphatic carbocycles. The summed E-state index contributed by atoms with van der Waals surface area (Å²) in [6.45, 7) is 1.01. The lowest BCUT2D eigenvalue weighted by molar-refractivity contribution is -0.111. The number of nitriles is 1. The van der Waals surface area contributed by atoms with Crippen LogP contribution in [0.4, 0.5) is 21.5 Å². The number of hydrogen-bond acceptors (Lipinski definition) is 6. The predicted octanol–water partition coefficient (Wildman–Crippen LogP) is 5.24. The van der Waals surface area contributed by atoms with Crippen LogP contribution in [0.25, 0.3) is 10.9 Å². The van der Waals surface area contributed by atoms with Crippen LogP contribution in [-0.2, 0) is 4.79 Å². The average molecular weight is 480 g/mol. The molecule has 174 valence electrons. The van der Waals surface area contributed by atoms with Crippen LogP contribution in [0.15, 0.2) is 48.7 Å². The normalized spacial score (nSPS) is 16.0. The first-order valence-electron chi connectivity index (χ1n) is 10.7. The fraction of sp³-hybridized carbons (Fsp3) is 0.240. The van der Waals surface area contributed by atoms with Gasteiger partial charge >= 0.3 is 0 Å². The van der Waals surface area contributed by atoms with E-state index in [9.17, 15) is 14.4 Å². The van der Waals surface area contributed by atoms with Crippen molar-refractivity contribution in [3.8, 4) is 11.8 Å². The standard InChI is InChI=1S/C25H23ClFN5O2/c1-32-9-3-4-17(32)6-8-24(33)31-22-11-18-21(12-23(22)34-2)29-14-15(13-28)25(18)30-16-5-7-20(27)19(26)10-16/h5-8,10-12,14,17H,3-4,9H2,1-2H3,(H,29,30)(H,31,33). The Balaban J connectivity index is 1.70. The van der Waals surface area contributed by atoms with Gasteiger partial charge in [0.25, 0.3) is 0 Å². The van der Waals surface area contributed by atoms with E-state index in [0.717, 1.165) is 19.4 Å². The summed E-state index contributed by atoms with van der Waals surface area (Å²) in [4.78, 5) is 19.2. The first kappa shape index (κ1) is 23.5. The Morgan fingerprint density at radius 3 is 2.88 bits per heavy atom. The minimum Gasteiger partial charge on any atom is -0.494 e. The maximum Gasteiger partial charge on any atom is 0.248 e. The molecule has 1 aliphatic heterocycles. The highest BCUT2D eigenvalue weighted by atomic mass is 35.5. The molecule has 2 N–H and O–H groups in total. The molecule has 1 saturated heterocycles. The number of ether oxygens (including phenoxy) is 1. The average Bonchev–Trinajstić information content (AvgIpc) is 3.24. The molecule has 3 aromatic rings. The summed E-state index contributed by atoms with van der Waals surface area (Å²) in [5.74, 6) is -0.402. The van der Waals surface area contributed by atoms with E-state index >= 15 is 0 Å². The fourth-order valence-corrected chi connectivity index (χ4v) is 4.16. The second-order valence-electron chi connectivity index (χ2n) is 8.02. The number of nitrogens with zero attached hydrogens (tertiary/aromatic N) is 3. The van der Waals surface area contributed by atoms with Gasteiger partial charge in [0.15, 0.2) is 0 Å². The summed E-state index contributed by atoms with van der Waals surface area (Å²) in [5.41, 5.74) is 2.21. The van der Waals surface area contributed by atoms with Gasteiger partial charge < -0.3 is 15.4 Å². The van der Waals surface area contributed by atoms with Crippen molar-refractivity contribution < 1.29 is 13.9 Å². The van der Waals surface area contributed by atoms with Crippen LogP contribution in [0.3, 0.4) is 0 Å². The first-order chi connectivity index (χ1) is 16.4. The minimum atomic E-state index is -0.543. The zero-order valence-corrected chi connectivity index (χ0v) is 19.5. The van der Waals surface area contributed by atoms with Crippen molar-refractivity contribution in [2.75, 3.05) is 31.3 Å². The van der Waals surface area contributed by atoms with E-state index < -0.39 is 5.82 Å². The number of likely N-dealkylation sites (N-methyl/N-ethyl adjacent to an activating group) is 1. The van der Waals surface area contributed by atoms with Crippen LogP contribution < -0.4 is 15.4 Å². The number of aromatic nitrogens is 1. The second-order valence-corrected chi connectivity index (χ2v) is 8.43. The molecule has 0 saturated carbocycles. The lowest BCUT2D eigenvalue weighted by atomic mass is 10.1. The van der Waals surface area contributed by atoms with Gasteiger partial charge in [-0.05, 0) is 50.7 Å². The molecule has 0 spiro atoms. The number of carbonyl (C=O) groups is 1. The summed E-state index contributed by atoms with van der Waals surface area (Å²) in [5, 5.41) is 16.2. The number of nitrogens with one attached hydrogen (secondary N) is 2. The quantitative estimate of drug-likeness (QED) is 0.470. The van der Waals surface area contributed by atoms with E-state index in [1.807, 2.05) is 13.1 Å². The summed E-state index contributed by atoms with van der Waals surface area (Å²) in [6, 6.07) is 9.92. The van der Waals surface area contributed by atoms with Crippen LogP contribution in [-0.4, -0.2) is 42.5 Å². The molecule has 1 atom stereocenters. The third-order valence-corrected chi connectivity index (χ3v) is 6.09. The van der Waals surface area contributed by atoms with Gasteiger partial charge in [0.1, 0.15) is 17.6 Å². The number of likely N-dealkylation sites (tertiary alicyclic amines) is 1. The lowest BCUT2D eigenvalue weighted by Crippen LogP contribution is -2.23. The summed E-state index contributed by atoms with van der Waals surface area (Å²) >= 11 is 5.91. The Kier molecular flexibility index (Phi) is 6.96. The highest BCUT2D eigenvalue weighted by Gasteiger charge is 2.19. The Morgan fingerprint density at radius 1 is 1.38 bits per heavy atom. The molecule has 9 heteroatoms. The molecule has 4 rings (SSSR count). The smallest absolute Gasteiger partial charge is 0.248 e. The van der Waals surface area contributed by atoms with Gasteiger partial charge in [-0.2, -0.15) is 5.26 Å². The van der Waals surface area contributed by atoms with E-state index in [4.69, 9.17) is 16.3 Å². The van der Waals surface area contributed by atoms with Gasteiger partial charge in [0.2, 0.25) is 5.91 Å². The lowest BCUT2D eigenvalue weighted by Gasteiger charge is -2.16. The number of benzene rings is 2. The molecule has 2 aromatic carbocycles. The monoisotopic (exact) mass is 479 g/mol. The van der Waals surface area contributed by atoms with Crippen LogP contribution in [0.5, 0.6) is 5.75 Å². The minimum absolute atomic E-state index is 0.0452. The molecular formula is C25H23ClFN5O2. The summed E-state index contributed by atoms with van der Waals surface area (Å²) in [7, 11) is 3.54. The topological polar surface area (TPSA) is 90.3 Å². The SMILES string of the molecule is COc1cc2ncc(C#N)c(Nc3ccc(F)c(Cl)c3)c2cc1NC(=O)C=CC1CCCN1C. The van der Waals surface area contributed by atoms with Crippen LogP contribution in [0, 0.1) is 17.1 Å². The Bertz CT molecular complexity index is 1320. The second kappa shape index (κ2) is 10.1. The van der Waals surface area contributed by atoms with Crippen molar-refractivity contribution in [3.05, 3.63) is 65.1 Å². The number of carbonyl (C=O) groups excluding carboxylic acids is 1. The Morgan fingerprint density at radius 2 is 2.21 bits per heavy atom. The number of methoxy groups -OCH3 is 1. The van der Waals surface area contributed by atoms with Gasteiger partial charge in [-0.15, -0.1) is 0 Å². The van der Waals surface area contributed by atoms with Gasteiger partial charge in [-0.25, -0.2) is 4.39 Å². The summed E-state index contributed by atoms with van der Waals surface area (Å²) in [6.07, 6.45) is 6.99. The van der Waals surface area contributed by atoms with Crippen LogP contribution >= 0.6 is 11.6 Å². The third kappa shape index (κ3) is 4.96. The zero-order chi connectivity index (χ0) is 24.2. The van der Waals surface area contributed by atoms with Crippen molar-refractivity contribution in [1.29, 1.82) is 5.26 Å². The predicted molar refractivity (Wildman–Crippen MR) is 131 cm³/mol. The molecule has 0 bridgehead atoms. The Labute approximate surface area is 201 Å². The van der Waals surface area contributed by atoms with Gasteiger partial charge in [0, 0.05) is 35.5 Å². The van der Waals surface area contributed by atoms with E-state index in [-0.39, 0.29) is 22.5 Å². The van der Waals surface area contributed by atoms with Crippen molar-refractivity contribution in [2.24, 2.45) is 0 Å². The molecule has 1 unspecified atom stereocenters. The number of pyridine rings is 1. The van der Waals surface area contributed by atoms with Crippen LogP contribution in [0.2, 0.25) is 5.02 Å². The number of fused-ring (bicyclic) bond motifs is 1. The van der Waals surface area contributed by atoms with Crippen molar-refractivity contribution in [3.63, 3.8) is 0 Å². The number of amides is 1. The van der Waals surface area contributed by atoms with E-state index in [1.165, 1.54) is 37.6 Å². The highest BCUT2D eigenvalue weighted by molar-refractivity contribution is 6.31. The van der Waals surface area contributed by atoms with E-state index in [0.29, 0.717) is 33.7 Å². The first-order valence-corrected chi connectivity index (χ1v) is 11.1. The van der Waals surface area contributed by atoms with E-state index in [2.05, 4.69) is 26.6 Å². The van der Waals surface area contributed by atoms with Crippen LogP contribution in [0.1, 0.15) is 18.4 Å². The largest absolute Gasteiger partial charge is 0.494 e. The molecule has 2 heterocycles. The fourth-order valence-electron chi connectivity index (χ4n) is 3.98. The number of halogens is 2. The van der Waals surface area contributed by atoms with Gasteiger partial charge in [-0.1, -0.05) is 17.7 Å². The molecule has 1 aliphatic rings. The third-order valence-electron chi connectivity index (χ3n) is 5.80.